The fraction of sp³-hybridized carbons (Fsp3) is 0.543. The van der Waals surface area contributed by atoms with E-state index in [4.69, 9.17) is 14.2 Å². The molecule has 0 spiro atoms. The number of aromatic nitrogens is 1. The van der Waals surface area contributed by atoms with Gasteiger partial charge in [0, 0.05) is 36.8 Å². The van der Waals surface area contributed by atoms with E-state index in [0.29, 0.717) is 35.5 Å². The molecule has 6 atom stereocenters. The molecule has 2 aromatic carbocycles. The van der Waals surface area contributed by atoms with Crippen molar-refractivity contribution in [3.05, 3.63) is 59.7 Å². The van der Waals surface area contributed by atoms with Crippen LogP contribution in [0.1, 0.15) is 51.7 Å². The van der Waals surface area contributed by atoms with E-state index in [0.717, 1.165) is 18.4 Å². The number of ether oxygens (including phenoxy) is 3. The highest BCUT2D eigenvalue weighted by Gasteiger charge is 2.44. The van der Waals surface area contributed by atoms with Crippen LogP contribution >= 0.6 is 0 Å². The second kappa shape index (κ2) is 15.8. The molecular weight excluding hydrogens is 636 g/mol. The molecule has 0 radical (unpaired) electrons. The molecule has 2 aliphatic heterocycles. The van der Waals surface area contributed by atoms with Gasteiger partial charge in [-0.1, -0.05) is 64.4 Å². The molecule has 3 heterocycles. The van der Waals surface area contributed by atoms with Gasteiger partial charge in [0.05, 0.1) is 41.7 Å². The number of carbonyl (C=O) groups is 1. The van der Waals surface area contributed by atoms with Gasteiger partial charge in [-0.15, -0.1) is 0 Å². The topological polar surface area (TPSA) is 163 Å². The number of aliphatic imine (C=N–C) groups is 1. The summed E-state index contributed by atoms with van der Waals surface area (Å²) in [6.45, 7) is 9.16. The van der Waals surface area contributed by atoms with Crippen molar-refractivity contribution in [2.24, 2.45) is 22.7 Å². The van der Waals surface area contributed by atoms with Gasteiger partial charge in [0.15, 0.2) is 12.2 Å². The number of hydrogen-bond acceptors (Lipinski definition) is 9. The number of carbonyl (C=O) groups excluding carboxylic acids is 1. The minimum absolute atomic E-state index is 0.0139. The third kappa shape index (κ3) is 8.56. The molecule has 1 amide bonds. The molecule has 1 aromatic heterocycles. The molecule has 0 aliphatic carbocycles. The lowest BCUT2D eigenvalue weighted by Gasteiger charge is -2.31. The minimum Gasteiger partial charge on any atom is -0.494 e. The number of alkyl carbamates (subject to hydrolysis) is 1. The molecule has 13 heteroatoms. The number of fused-ring (bicyclic) bond motifs is 2. The Morgan fingerprint density at radius 1 is 1.17 bits per heavy atom. The lowest BCUT2D eigenvalue weighted by atomic mass is 10.0. The number of hydrogen-bond donors (Lipinski definition) is 4. The second-order valence-electron chi connectivity index (χ2n) is 13.3. The van der Waals surface area contributed by atoms with E-state index in [1.165, 1.54) is 16.4 Å². The van der Waals surface area contributed by atoms with Crippen LogP contribution in [0.15, 0.2) is 58.4 Å². The maximum Gasteiger partial charge on any atom is 0.407 e. The number of aromatic hydroxyl groups is 1. The highest BCUT2D eigenvalue weighted by molar-refractivity contribution is 7.89. The molecule has 48 heavy (non-hydrogen) atoms. The monoisotopic (exact) mass is 684 g/mol. The maximum atomic E-state index is 14.2. The number of aromatic amines is 1. The number of amides is 1. The van der Waals surface area contributed by atoms with E-state index in [1.54, 1.807) is 12.3 Å². The Morgan fingerprint density at radius 3 is 2.67 bits per heavy atom. The number of sulfonamides is 1. The zero-order valence-corrected chi connectivity index (χ0v) is 28.9. The van der Waals surface area contributed by atoms with Gasteiger partial charge in [-0.25, -0.2) is 13.2 Å². The van der Waals surface area contributed by atoms with Gasteiger partial charge in [-0.3, -0.25) is 4.99 Å². The predicted molar refractivity (Wildman–Crippen MR) is 183 cm³/mol. The lowest BCUT2D eigenvalue weighted by Crippen LogP contribution is -2.51. The summed E-state index contributed by atoms with van der Waals surface area (Å²) >= 11 is 0. The van der Waals surface area contributed by atoms with Crippen LogP contribution in [0.2, 0.25) is 0 Å². The molecular formula is C35H48N4O8S. The van der Waals surface area contributed by atoms with Gasteiger partial charge in [-0.2, -0.15) is 4.31 Å². The second-order valence-corrected chi connectivity index (χ2v) is 15.2. The van der Waals surface area contributed by atoms with Gasteiger partial charge in [0.1, 0.15) is 6.10 Å². The summed E-state index contributed by atoms with van der Waals surface area (Å²) in [5.74, 6) is 0.160. The zero-order chi connectivity index (χ0) is 34.4. The summed E-state index contributed by atoms with van der Waals surface area (Å²) < 4.78 is 46.5. The zero-order valence-electron chi connectivity index (χ0n) is 28.0. The Morgan fingerprint density at radius 2 is 1.94 bits per heavy atom. The summed E-state index contributed by atoms with van der Waals surface area (Å²) in [4.78, 5) is 20.5. The first-order chi connectivity index (χ1) is 23.0. The molecule has 0 saturated carbocycles. The standard InChI is InChI=1S/C35H48N4O8S/c1-5-23(4)17-36-18-28-27-16-25(11-12-29(27)37-33(28)41)48(43,44)39(19-22(2)3)20-31(40)30(15-24-9-7-6-8-10-24)38-35(42)47-32-21-46-34-26(32)13-14-45-34/h6-12,16,18,22-23,26,30-32,34,37,40-41H,5,13-15,17,19-21H2,1-4H3,(H,38,42). The van der Waals surface area contributed by atoms with E-state index >= 15 is 0 Å². The van der Waals surface area contributed by atoms with E-state index in [1.807, 2.05) is 44.2 Å². The van der Waals surface area contributed by atoms with Crippen molar-refractivity contribution >= 4 is 33.2 Å². The Hall–Kier alpha value is -3.49. The summed E-state index contributed by atoms with van der Waals surface area (Å²) in [6.07, 6.45) is 0.655. The number of nitrogens with zero attached hydrogens (tertiary/aromatic N) is 2. The van der Waals surface area contributed by atoms with Crippen LogP contribution in [0.3, 0.4) is 0 Å². The van der Waals surface area contributed by atoms with Gasteiger partial charge >= 0.3 is 6.09 Å². The normalized spacial score (nSPS) is 21.6. The number of H-pyrrole nitrogens is 1. The van der Waals surface area contributed by atoms with E-state index < -0.39 is 34.4 Å². The molecule has 2 fully saturated rings. The summed E-state index contributed by atoms with van der Waals surface area (Å²) in [6, 6.07) is 13.1. The number of aliphatic hydroxyl groups is 1. The SMILES string of the molecule is CCC(C)CN=Cc1c(O)[nH]c2ccc(S(=O)(=O)N(CC(C)C)CC(O)C(Cc3ccccc3)NC(=O)OC3COC4OCCC34)cc12. The van der Waals surface area contributed by atoms with Crippen molar-refractivity contribution in [3.63, 3.8) is 0 Å². The van der Waals surface area contributed by atoms with Crippen LogP contribution < -0.4 is 5.32 Å². The maximum absolute atomic E-state index is 14.2. The predicted octanol–water partition coefficient (Wildman–Crippen LogP) is 4.45. The Balaban J connectivity index is 1.38. The van der Waals surface area contributed by atoms with E-state index in [-0.39, 0.29) is 55.0 Å². The van der Waals surface area contributed by atoms with Crippen LogP contribution in [0.5, 0.6) is 5.88 Å². The van der Waals surface area contributed by atoms with Gasteiger partial charge in [0.25, 0.3) is 0 Å². The molecule has 2 saturated heterocycles. The summed E-state index contributed by atoms with van der Waals surface area (Å²) in [7, 11) is -4.13. The minimum atomic E-state index is -4.13. The van der Waals surface area contributed by atoms with Crippen molar-refractivity contribution in [3.8, 4) is 5.88 Å². The summed E-state index contributed by atoms with van der Waals surface area (Å²) in [5, 5.41) is 25.5. The average Bonchev–Trinajstić information content (AvgIpc) is 3.76. The Labute approximate surface area is 282 Å². The smallest absolute Gasteiger partial charge is 0.407 e. The average molecular weight is 685 g/mol. The molecule has 5 rings (SSSR count). The molecule has 2 aliphatic rings. The number of aliphatic hydroxyl groups excluding tert-OH is 1. The fourth-order valence-electron chi connectivity index (χ4n) is 6.11. The van der Waals surface area contributed by atoms with Crippen molar-refractivity contribution < 1.29 is 37.6 Å². The van der Waals surface area contributed by atoms with Crippen molar-refractivity contribution in [1.29, 1.82) is 0 Å². The number of benzene rings is 2. The first kappa shape index (κ1) is 35.8. The highest BCUT2D eigenvalue weighted by atomic mass is 32.2. The third-order valence-corrected chi connectivity index (χ3v) is 10.9. The lowest BCUT2D eigenvalue weighted by molar-refractivity contribution is -0.0907. The molecule has 4 N–H and O–H groups in total. The first-order valence-corrected chi connectivity index (χ1v) is 18.2. The molecule has 12 nitrogen and oxygen atoms in total. The molecule has 6 unspecified atom stereocenters. The van der Waals surface area contributed by atoms with Crippen molar-refractivity contribution in [1.82, 2.24) is 14.6 Å². The fourth-order valence-corrected chi connectivity index (χ4v) is 7.75. The highest BCUT2D eigenvalue weighted by Crippen LogP contribution is 2.33. The van der Waals surface area contributed by atoms with Crippen molar-refractivity contribution in [2.45, 2.75) is 76.4 Å². The van der Waals surface area contributed by atoms with Crippen LogP contribution in [0.25, 0.3) is 10.9 Å². The number of nitrogens with one attached hydrogen (secondary N) is 2. The van der Waals surface area contributed by atoms with Gasteiger partial charge in [-0.05, 0) is 48.4 Å². The largest absolute Gasteiger partial charge is 0.494 e. The van der Waals surface area contributed by atoms with Crippen LogP contribution in [-0.2, 0) is 30.7 Å². The first-order valence-electron chi connectivity index (χ1n) is 16.7. The summed E-state index contributed by atoms with van der Waals surface area (Å²) in [5.41, 5.74) is 1.84. The van der Waals surface area contributed by atoms with Crippen LogP contribution in [-0.4, -0.2) is 97.6 Å². The molecule has 262 valence electrons. The van der Waals surface area contributed by atoms with E-state index in [9.17, 15) is 23.4 Å². The molecule has 0 bridgehead atoms. The van der Waals surface area contributed by atoms with Crippen LogP contribution in [0.4, 0.5) is 4.79 Å². The Bertz CT molecular complexity index is 1660. The molecule has 3 aromatic rings. The quantitative estimate of drug-likeness (QED) is 0.171. The van der Waals surface area contributed by atoms with Crippen molar-refractivity contribution in [2.75, 3.05) is 32.8 Å². The number of rotatable bonds is 15. The Kier molecular flexibility index (Phi) is 11.8. The van der Waals surface area contributed by atoms with Gasteiger partial charge in [0.2, 0.25) is 10.0 Å². The van der Waals surface area contributed by atoms with Gasteiger partial charge < -0.3 is 34.7 Å². The van der Waals surface area contributed by atoms with Crippen LogP contribution in [0, 0.1) is 17.8 Å². The third-order valence-electron chi connectivity index (χ3n) is 9.03. The van der Waals surface area contributed by atoms with E-state index in [2.05, 4.69) is 29.1 Å².